The summed E-state index contributed by atoms with van der Waals surface area (Å²) in [4.78, 5) is 4.37. The minimum atomic E-state index is -0.566. The van der Waals surface area contributed by atoms with Gasteiger partial charge in [0.2, 0.25) is 5.89 Å². The van der Waals surface area contributed by atoms with Gasteiger partial charge in [-0.3, -0.25) is 0 Å². The summed E-state index contributed by atoms with van der Waals surface area (Å²) in [7, 11) is 0. The van der Waals surface area contributed by atoms with Crippen LogP contribution in [0.4, 0.5) is 0 Å². The number of hydrogen-bond acceptors (Lipinski definition) is 4. The molecule has 4 heteroatoms. The van der Waals surface area contributed by atoms with Gasteiger partial charge in [0, 0.05) is 5.92 Å². The van der Waals surface area contributed by atoms with Crippen LogP contribution in [0.5, 0.6) is 0 Å². The molecule has 0 amide bonds. The van der Waals surface area contributed by atoms with Gasteiger partial charge in [-0.25, -0.2) is 0 Å². The first kappa shape index (κ1) is 12.6. The topological polar surface area (TPSA) is 59.2 Å². The largest absolute Gasteiger partial charge is 0.385 e. The quantitative estimate of drug-likeness (QED) is 0.817. The molecule has 0 spiro atoms. The third kappa shape index (κ3) is 3.28. The highest BCUT2D eigenvalue weighted by molar-refractivity contribution is 4.97. The molecule has 1 atom stereocenters. The van der Waals surface area contributed by atoms with E-state index < -0.39 is 6.10 Å². The monoisotopic (exact) mass is 238 g/mol. The Hall–Kier alpha value is -0.900. The maximum atomic E-state index is 9.80. The third-order valence-electron chi connectivity index (χ3n) is 3.52. The van der Waals surface area contributed by atoms with Crippen molar-refractivity contribution in [1.82, 2.24) is 10.1 Å². The first-order valence-corrected chi connectivity index (χ1v) is 6.82. The van der Waals surface area contributed by atoms with Gasteiger partial charge < -0.3 is 9.63 Å². The SMILES string of the molecule is CCCC(O)c1noc(C2CCCCCC2)n1. The Balaban J connectivity index is 2.01. The van der Waals surface area contributed by atoms with E-state index in [1.165, 1.54) is 25.7 Å². The second-order valence-electron chi connectivity index (χ2n) is 4.98. The van der Waals surface area contributed by atoms with Crippen LogP contribution in [-0.2, 0) is 0 Å². The molecule has 17 heavy (non-hydrogen) atoms. The van der Waals surface area contributed by atoms with Crippen LogP contribution < -0.4 is 0 Å². The van der Waals surface area contributed by atoms with Gasteiger partial charge in [-0.15, -0.1) is 0 Å². The molecule has 1 N–H and O–H groups in total. The van der Waals surface area contributed by atoms with E-state index in [4.69, 9.17) is 4.52 Å². The number of hydrogen-bond donors (Lipinski definition) is 1. The average Bonchev–Trinajstić information content (AvgIpc) is 2.66. The van der Waals surface area contributed by atoms with Gasteiger partial charge in [0.1, 0.15) is 6.10 Å². The Bertz CT molecular complexity index is 330. The summed E-state index contributed by atoms with van der Waals surface area (Å²) in [6.07, 6.45) is 8.48. The molecule has 4 nitrogen and oxygen atoms in total. The normalized spacial score (nSPS) is 20.1. The first-order valence-electron chi connectivity index (χ1n) is 6.82. The lowest BCUT2D eigenvalue weighted by Gasteiger charge is -2.07. The summed E-state index contributed by atoms with van der Waals surface area (Å²) in [6, 6.07) is 0. The Morgan fingerprint density at radius 3 is 2.65 bits per heavy atom. The minimum Gasteiger partial charge on any atom is -0.385 e. The maximum Gasteiger partial charge on any atom is 0.229 e. The lowest BCUT2D eigenvalue weighted by molar-refractivity contribution is 0.152. The summed E-state index contributed by atoms with van der Waals surface area (Å²) in [5.41, 5.74) is 0. The predicted octanol–water partition coefficient (Wildman–Crippen LogP) is 3.34. The molecule has 96 valence electrons. The van der Waals surface area contributed by atoms with E-state index in [2.05, 4.69) is 10.1 Å². The highest BCUT2D eigenvalue weighted by Crippen LogP contribution is 2.31. The molecular weight excluding hydrogens is 216 g/mol. The molecule has 1 unspecified atom stereocenters. The molecule has 0 radical (unpaired) electrons. The summed E-state index contributed by atoms with van der Waals surface area (Å²) in [6.45, 7) is 2.04. The number of nitrogens with zero attached hydrogens (tertiary/aromatic N) is 2. The molecule has 1 heterocycles. The first-order chi connectivity index (χ1) is 8.31. The van der Waals surface area contributed by atoms with Crippen LogP contribution in [0.1, 0.15) is 82.0 Å². The molecule has 1 aromatic heterocycles. The van der Waals surface area contributed by atoms with Crippen molar-refractivity contribution >= 4 is 0 Å². The molecule has 1 aromatic rings. The van der Waals surface area contributed by atoms with E-state index in [1.54, 1.807) is 0 Å². The summed E-state index contributed by atoms with van der Waals surface area (Å²) in [5.74, 6) is 1.61. The Labute approximate surface area is 102 Å². The zero-order valence-electron chi connectivity index (χ0n) is 10.6. The second-order valence-corrected chi connectivity index (χ2v) is 4.98. The fourth-order valence-electron chi connectivity index (χ4n) is 2.48. The van der Waals surface area contributed by atoms with Crippen LogP contribution in [-0.4, -0.2) is 15.2 Å². The number of aliphatic hydroxyl groups excluding tert-OH is 1. The molecule has 0 bridgehead atoms. The van der Waals surface area contributed by atoms with Gasteiger partial charge in [-0.1, -0.05) is 44.2 Å². The van der Waals surface area contributed by atoms with Crippen LogP contribution in [0.2, 0.25) is 0 Å². The fourth-order valence-corrected chi connectivity index (χ4v) is 2.48. The molecule has 1 saturated carbocycles. The van der Waals surface area contributed by atoms with Crippen molar-refractivity contribution in [3.8, 4) is 0 Å². The maximum absolute atomic E-state index is 9.80. The van der Waals surface area contributed by atoms with E-state index in [-0.39, 0.29) is 0 Å². The second kappa shape index (κ2) is 6.15. The number of aliphatic hydroxyl groups is 1. The lowest BCUT2D eigenvalue weighted by Crippen LogP contribution is -2.01. The molecule has 1 aliphatic rings. The Morgan fingerprint density at radius 2 is 2.00 bits per heavy atom. The molecule has 1 aliphatic carbocycles. The van der Waals surface area contributed by atoms with Gasteiger partial charge in [-0.05, 0) is 19.3 Å². The van der Waals surface area contributed by atoms with Crippen LogP contribution in [0.15, 0.2) is 4.52 Å². The predicted molar refractivity (Wildman–Crippen MR) is 64.6 cm³/mol. The average molecular weight is 238 g/mol. The zero-order valence-corrected chi connectivity index (χ0v) is 10.6. The van der Waals surface area contributed by atoms with Gasteiger partial charge in [0.25, 0.3) is 0 Å². The van der Waals surface area contributed by atoms with Crippen LogP contribution in [0.3, 0.4) is 0 Å². The van der Waals surface area contributed by atoms with E-state index in [9.17, 15) is 5.11 Å². The van der Waals surface area contributed by atoms with Crippen LogP contribution >= 0.6 is 0 Å². The van der Waals surface area contributed by atoms with Crippen molar-refractivity contribution in [3.05, 3.63) is 11.7 Å². The van der Waals surface area contributed by atoms with E-state index >= 15 is 0 Å². The van der Waals surface area contributed by atoms with E-state index in [1.807, 2.05) is 6.92 Å². The molecule has 0 aromatic carbocycles. The Kier molecular flexibility index (Phi) is 4.54. The van der Waals surface area contributed by atoms with Crippen molar-refractivity contribution in [1.29, 1.82) is 0 Å². The molecule has 0 saturated heterocycles. The van der Waals surface area contributed by atoms with Gasteiger partial charge in [0.15, 0.2) is 5.82 Å². The van der Waals surface area contributed by atoms with Gasteiger partial charge in [-0.2, -0.15) is 4.98 Å². The van der Waals surface area contributed by atoms with Crippen molar-refractivity contribution in [2.24, 2.45) is 0 Å². The highest BCUT2D eigenvalue weighted by atomic mass is 16.5. The smallest absolute Gasteiger partial charge is 0.229 e. The van der Waals surface area contributed by atoms with Gasteiger partial charge in [0.05, 0.1) is 0 Å². The Morgan fingerprint density at radius 1 is 1.29 bits per heavy atom. The van der Waals surface area contributed by atoms with Crippen molar-refractivity contribution < 1.29 is 9.63 Å². The zero-order chi connectivity index (χ0) is 12.1. The van der Waals surface area contributed by atoms with Crippen LogP contribution in [0.25, 0.3) is 0 Å². The van der Waals surface area contributed by atoms with Crippen molar-refractivity contribution in [3.63, 3.8) is 0 Å². The molecule has 2 rings (SSSR count). The van der Waals surface area contributed by atoms with Crippen LogP contribution in [0, 0.1) is 0 Å². The molecule has 0 aliphatic heterocycles. The van der Waals surface area contributed by atoms with E-state index in [0.717, 1.165) is 25.2 Å². The van der Waals surface area contributed by atoms with Gasteiger partial charge >= 0.3 is 0 Å². The summed E-state index contributed by atoms with van der Waals surface area (Å²) < 4.78 is 5.31. The van der Waals surface area contributed by atoms with E-state index in [0.29, 0.717) is 18.2 Å². The lowest BCUT2D eigenvalue weighted by atomic mass is 10.0. The van der Waals surface area contributed by atoms with Crippen molar-refractivity contribution in [2.45, 2.75) is 70.3 Å². The minimum absolute atomic E-state index is 0.410. The molecular formula is C13H22N2O2. The molecule has 1 fully saturated rings. The number of rotatable bonds is 4. The third-order valence-corrected chi connectivity index (χ3v) is 3.52. The highest BCUT2D eigenvalue weighted by Gasteiger charge is 2.22. The fraction of sp³-hybridized carbons (Fsp3) is 0.846. The summed E-state index contributed by atoms with van der Waals surface area (Å²) >= 11 is 0. The summed E-state index contributed by atoms with van der Waals surface area (Å²) in [5, 5.41) is 13.7. The van der Waals surface area contributed by atoms with Crippen molar-refractivity contribution in [2.75, 3.05) is 0 Å². The standard InChI is InChI=1S/C13H22N2O2/c1-2-7-11(16)12-14-13(17-15-12)10-8-5-3-4-6-9-10/h10-11,16H,2-9H2,1H3. The number of aromatic nitrogens is 2.